The Bertz CT molecular complexity index is 512. The molecular weight excluding hydrogens is 258 g/mol. The summed E-state index contributed by atoms with van der Waals surface area (Å²) in [4.78, 5) is 0. The summed E-state index contributed by atoms with van der Waals surface area (Å²) < 4.78 is 5.79. The van der Waals surface area contributed by atoms with E-state index in [1.165, 1.54) is 24.0 Å². The van der Waals surface area contributed by atoms with Gasteiger partial charge in [0.15, 0.2) is 0 Å². The maximum absolute atomic E-state index is 6.71. The smallest absolute Gasteiger partial charge is 0.125 e. The summed E-state index contributed by atoms with van der Waals surface area (Å²) in [6.45, 7) is 5.33. The van der Waals surface area contributed by atoms with E-state index in [1.807, 2.05) is 12.1 Å². The summed E-state index contributed by atoms with van der Waals surface area (Å²) >= 11 is 6.23. The van der Waals surface area contributed by atoms with Gasteiger partial charge in [0.1, 0.15) is 5.75 Å². The summed E-state index contributed by atoms with van der Waals surface area (Å²) in [5, 5.41) is 0.804. The lowest BCUT2D eigenvalue weighted by Crippen LogP contribution is -2.50. The van der Waals surface area contributed by atoms with Crippen LogP contribution in [0.15, 0.2) is 12.1 Å². The molecule has 0 aromatic heterocycles. The van der Waals surface area contributed by atoms with Crippen molar-refractivity contribution in [3.8, 4) is 5.75 Å². The summed E-state index contributed by atoms with van der Waals surface area (Å²) in [5.41, 5.74) is 9.18. The number of ether oxygens (including phenoxy) is 1. The van der Waals surface area contributed by atoms with Crippen molar-refractivity contribution < 1.29 is 4.74 Å². The lowest BCUT2D eigenvalue weighted by Gasteiger charge is -2.38. The summed E-state index contributed by atoms with van der Waals surface area (Å²) in [6, 6.07) is 4.06. The molecule has 0 bridgehead atoms. The molecule has 2 aliphatic rings. The third-order valence-electron chi connectivity index (χ3n) is 5.10. The van der Waals surface area contributed by atoms with Crippen LogP contribution >= 0.6 is 11.6 Å². The van der Waals surface area contributed by atoms with Crippen molar-refractivity contribution in [2.75, 3.05) is 6.61 Å². The Hall–Kier alpha value is -0.730. The first-order chi connectivity index (χ1) is 8.91. The van der Waals surface area contributed by atoms with Crippen LogP contribution in [-0.4, -0.2) is 12.1 Å². The first kappa shape index (κ1) is 13.3. The molecule has 0 amide bonds. The van der Waals surface area contributed by atoms with Crippen LogP contribution in [0.1, 0.15) is 44.2 Å². The molecule has 0 saturated heterocycles. The summed E-state index contributed by atoms with van der Waals surface area (Å²) in [6.07, 6.45) is 5.33. The van der Waals surface area contributed by atoms with Crippen LogP contribution in [0.5, 0.6) is 5.75 Å². The number of hydrogen-bond acceptors (Lipinski definition) is 2. The average molecular weight is 280 g/mol. The van der Waals surface area contributed by atoms with Crippen LogP contribution in [0.25, 0.3) is 0 Å². The fourth-order valence-corrected chi connectivity index (χ4v) is 3.84. The summed E-state index contributed by atoms with van der Waals surface area (Å²) in [5.74, 6) is 1.04. The minimum Gasteiger partial charge on any atom is -0.493 e. The van der Waals surface area contributed by atoms with Gasteiger partial charge in [0.25, 0.3) is 0 Å². The number of nitrogens with two attached hydrogens (primary N) is 1. The zero-order valence-electron chi connectivity index (χ0n) is 11.8. The third-order valence-corrected chi connectivity index (χ3v) is 5.32. The van der Waals surface area contributed by atoms with Crippen molar-refractivity contribution in [1.82, 2.24) is 0 Å². The molecular formula is C16H22ClNO. The molecule has 1 aromatic rings. The largest absolute Gasteiger partial charge is 0.493 e. The molecule has 1 unspecified atom stereocenters. The van der Waals surface area contributed by atoms with Crippen LogP contribution < -0.4 is 10.5 Å². The standard InChI is InChI=1S/C16H22ClNO/c1-15(2)5-3-6-16(15,18)10-12-9-13(17)8-11-4-7-19-14(11)12/h8-9H,3-7,10,18H2,1-2H3. The zero-order valence-corrected chi connectivity index (χ0v) is 12.5. The van der Waals surface area contributed by atoms with Crippen LogP contribution in [0.2, 0.25) is 5.02 Å². The molecule has 1 heterocycles. The molecule has 0 spiro atoms. The predicted octanol–water partition coefficient (Wildman–Crippen LogP) is 3.73. The normalized spacial score (nSPS) is 28.2. The Morgan fingerprint density at radius 2 is 2.11 bits per heavy atom. The van der Waals surface area contributed by atoms with E-state index in [1.54, 1.807) is 0 Å². The second kappa shape index (κ2) is 4.39. The Morgan fingerprint density at radius 1 is 1.32 bits per heavy atom. The van der Waals surface area contributed by atoms with Crippen LogP contribution in [0.4, 0.5) is 0 Å². The maximum Gasteiger partial charge on any atom is 0.125 e. The molecule has 1 saturated carbocycles. The highest BCUT2D eigenvalue weighted by molar-refractivity contribution is 6.30. The van der Waals surface area contributed by atoms with Crippen LogP contribution in [0, 0.1) is 5.41 Å². The van der Waals surface area contributed by atoms with Gasteiger partial charge in [-0.05, 0) is 47.9 Å². The van der Waals surface area contributed by atoms with E-state index < -0.39 is 0 Å². The molecule has 1 aliphatic carbocycles. The molecule has 2 N–H and O–H groups in total. The number of benzene rings is 1. The molecule has 3 heteroatoms. The van der Waals surface area contributed by atoms with Crippen molar-refractivity contribution in [3.05, 3.63) is 28.3 Å². The number of halogens is 1. The molecule has 1 aromatic carbocycles. The van der Waals surface area contributed by atoms with Gasteiger partial charge >= 0.3 is 0 Å². The number of hydrogen-bond donors (Lipinski definition) is 1. The molecule has 2 nitrogen and oxygen atoms in total. The van der Waals surface area contributed by atoms with E-state index in [0.29, 0.717) is 0 Å². The molecule has 0 radical (unpaired) electrons. The highest BCUT2D eigenvalue weighted by Gasteiger charge is 2.46. The van der Waals surface area contributed by atoms with Crippen molar-refractivity contribution in [3.63, 3.8) is 0 Å². The van der Waals surface area contributed by atoms with Gasteiger partial charge in [-0.3, -0.25) is 0 Å². The Labute approximate surface area is 120 Å². The maximum atomic E-state index is 6.71. The van der Waals surface area contributed by atoms with Crippen molar-refractivity contribution in [1.29, 1.82) is 0 Å². The SMILES string of the molecule is CC1(C)CCCC1(N)Cc1cc(Cl)cc2c1OCC2. The van der Waals surface area contributed by atoms with Crippen LogP contribution in [0.3, 0.4) is 0 Å². The Balaban J connectivity index is 1.96. The number of rotatable bonds is 2. The van der Waals surface area contributed by atoms with Gasteiger partial charge in [0.05, 0.1) is 6.61 Å². The molecule has 3 rings (SSSR count). The van der Waals surface area contributed by atoms with E-state index in [0.717, 1.165) is 36.6 Å². The molecule has 1 aliphatic heterocycles. The van der Waals surface area contributed by atoms with Crippen LogP contribution in [-0.2, 0) is 12.8 Å². The topological polar surface area (TPSA) is 35.2 Å². The van der Waals surface area contributed by atoms with Gasteiger partial charge in [-0.15, -0.1) is 0 Å². The highest BCUT2D eigenvalue weighted by atomic mass is 35.5. The van der Waals surface area contributed by atoms with Crippen molar-refractivity contribution in [2.45, 2.75) is 51.5 Å². The first-order valence-electron chi connectivity index (χ1n) is 7.14. The minimum absolute atomic E-state index is 0.141. The minimum atomic E-state index is -0.141. The van der Waals surface area contributed by atoms with E-state index in [9.17, 15) is 0 Å². The monoisotopic (exact) mass is 279 g/mol. The second-order valence-corrected chi connectivity index (χ2v) is 7.16. The van der Waals surface area contributed by atoms with Gasteiger partial charge in [-0.25, -0.2) is 0 Å². The number of fused-ring (bicyclic) bond motifs is 1. The van der Waals surface area contributed by atoms with Gasteiger partial charge in [-0.2, -0.15) is 0 Å². The molecule has 1 atom stereocenters. The van der Waals surface area contributed by atoms with E-state index >= 15 is 0 Å². The third kappa shape index (κ3) is 2.15. The van der Waals surface area contributed by atoms with Gasteiger partial charge in [-0.1, -0.05) is 31.9 Å². The lowest BCUT2D eigenvalue weighted by atomic mass is 9.72. The Morgan fingerprint density at radius 3 is 2.79 bits per heavy atom. The average Bonchev–Trinajstić information content (AvgIpc) is 2.84. The predicted molar refractivity (Wildman–Crippen MR) is 78.9 cm³/mol. The Kier molecular flexibility index (Phi) is 3.06. The lowest BCUT2D eigenvalue weighted by molar-refractivity contribution is 0.205. The van der Waals surface area contributed by atoms with Gasteiger partial charge < -0.3 is 10.5 Å². The fraction of sp³-hybridized carbons (Fsp3) is 0.625. The fourth-order valence-electron chi connectivity index (χ4n) is 3.58. The molecule has 19 heavy (non-hydrogen) atoms. The zero-order chi connectivity index (χ0) is 13.7. The molecule has 1 fully saturated rings. The highest BCUT2D eigenvalue weighted by Crippen LogP contribution is 2.47. The second-order valence-electron chi connectivity index (χ2n) is 6.72. The van der Waals surface area contributed by atoms with Crippen molar-refractivity contribution >= 4 is 11.6 Å². The summed E-state index contributed by atoms with van der Waals surface area (Å²) in [7, 11) is 0. The van der Waals surface area contributed by atoms with Gasteiger partial charge in [0, 0.05) is 17.0 Å². The van der Waals surface area contributed by atoms with Crippen molar-refractivity contribution in [2.24, 2.45) is 11.1 Å². The van der Waals surface area contributed by atoms with Gasteiger partial charge in [0.2, 0.25) is 0 Å². The quantitative estimate of drug-likeness (QED) is 0.895. The van der Waals surface area contributed by atoms with E-state index in [2.05, 4.69) is 13.8 Å². The first-order valence-corrected chi connectivity index (χ1v) is 7.52. The molecule has 104 valence electrons. The van der Waals surface area contributed by atoms with E-state index in [-0.39, 0.29) is 11.0 Å². The van der Waals surface area contributed by atoms with E-state index in [4.69, 9.17) is 22.1 Å².